The van der Waals surface area contributed by atoms with Gasteiger partial charge in [-0.15, -0.1) is 0 Å². The molecule has 3 aromatic heterocycles. The lowest BCUT2D eigenvalue weighted by Gasteiger charge is -2.28. The summed E-state index contributed by atoms with van der Waals surface area (Å²) in [4.78, 5) is 34.7. The molecule has 2 amide bonds. The quantitative estimate of drug-likeness (QED) is 0.579. The molecular weight excluding hydrogens is 446 g/mol. The van der Waals surface area contributed by atoms with Gasteiger partial charge in [-0.25, -0.2) is 9.50 Å². The van der Waals surface area contributed by atoms with Gasteiger partial charge in [0.1, 0.15) is 11.5 Å². The Morgan fingerprint density at radius 2 is 1.94 bits per heavy atom. The molecule has 0 bridgehead atoms. The van der Waals surface area contributed by atoms with E-state index in [2.05, 4.69) is 15.3 Å². The molecule has 0 unspecified atom stereocenters. The molecule has 186 valence electrons. The predicted octanol–water partition coefficient (Wildman–Crippen LogP) is 1.43. The fraction of sp³-hybridized carbons (Fsp3) is 0.542. The normalized spacial score (nSPS) is 20.9. The summed E-state index contributed by atoms with van der Waals surface area (Å²) in [6, 6.07) is 3.55. The van der Waals surface area contributed by atoms with Crippen molar-refractivity contribution in [3.8, 4) is 0 Å². The van der Waals surface area contributed by atoms with Crippen LogP contribution in [0.3, 0.4) is 0 Å². The van der Waals surface area contributed by atoms with Crippen LogP contribution in [0.1, 0.15) is 70.4 Å². The van der Waals surface area contributed by atoms with Crippen LogP contribution in [-0.4, -0.2) is 73.8 Å². The number of amides is 2. The van der Waals surface area contributed by atoms with Gasteiger partial charge in [0.15, 0.2) is 11.3 Å². The first-order valence-corrected chi connectivity index (χ1v) is 12.3. The third-order valence-electron chi connectivity index (χ3n) is 7.06. The number of hydrogen-bond acceptors (Lipinski definition) is 7. The third kappa shape index (κ3) is 4.36. The van der Waals surface area contributed by atoms with Gasteiger partial charge in [0, 0.05) is 63.7 Å². The monoisotopic (exact) mass is 479 g/mol. The maximum atomic E-state index is 13.6. The zero-order valence-electron chi connectivity index (χ0n) is 20.6. The predicted molar refractivity (Wildman–Crippen MR) is 131 cm³/mol. The van der Waals surface area contributed by atoms with E-state index in [0.717, 1.165) is 67.9 Å². The average Bonchev–Trinajstić information content (AvgIpc) is 3.50. The van der Waals surface area contributed by atoms with Crippen LogP contribution >= 0.6 is 0 Å². The van der Waals surface area contributed by atoms with Crippen molar-refractivity contribution in [3.05, 3.63) is 41.0 Å². The summed E-state index contributed by atoms with van der Waals surface area (Å²) < 4.78 is 3.25. The van der Waals surface area contributed by atoms with Crippen molar-refractivity contribution in [2.75, 3.05) is 31.6 Å². The molecule has 0 aliphatic carbocycles. The van der Waals surface area contributed by atoms with Gasteiger partial charge in [-0.1, -0.05) is 12.8 Å². The van der Waals surface area contributed by atoms with Crippen molar-refractivity contribution in [2.24, 2.45) is 12.8 Å². The minimum Gasteiger partial charge on any atom is -0.355 e. The SMILES string of the molecule is CNC(=O)c1cc(C(=O)N2CCCCC[C@H]2c2cc3nc(N4CC[C@H](N)C4)c(C)cn3n2)nn1C. The number of likely N-dealkylation sites (tertiary alicyclic amines) is 1. The Labute approximate surface area is 204 Å². The van der Waals surface area contributed by atoms with Gasteiger partial charge in [0.2, 0.25) is 0 Å². The van der Waals surface area contributed by atoms with Crippen LogP contribution < -0.4 is 16.0 Å². The van der Waals surface area contributed by atoms with E-state index >= 15 is 0 Å². The van der Waals surface area contributed by atoms with E-state index in [-0.39, 0.29) is 29.6 Å². The molecule has 35 heavy (non-hydrogen) atoms. The Hall–Kier alpha value is -3.47. The largest absolute Gasteiger partial charge is 0.355 e. The zero-order chi connectivity index (χ0) is 24.7. The molecule has 3 aromatic rings. The van der Waals surface area contributed by atoms with Crippen LogP contribution in [0.4, 0.5) is 5.82 Å². The third-order valence-corrected chi connectivity index (χ3v) is 7.06. The molecule has 11 nitrogen and oxygen atoms in total. The molecule has 2 saturated heterocycles. The number of carbonyl (C=O) groups is 2. The molecule has 2 fully saturated rings. The number of rotatable bonds is 4. The van der Waals surface area contributed by atoms with E-state index in [4.69, 9.17) is 15.8 Å². The van der Waals surface area contributed by atoms with E-state index in [1.165, 1.54) is 4.68 Å². The van der Waals surface area contributed by atoms with E-state index in [0.29, 0.717) is 12.2 Å². The minimum absolute atomic E-state index is 0.175. The van der Waals surface area contributed by atoms with Gasteiger partial charge in [0.25, 0.3) is 11.8 Å². The summed E-state index contributed by atoms with van der Waals surface area (Å²) in [7, 11) is 3.23. The lowest BCUT2D eigenvalue weighted by atomic mass is 10.1. The van der Waals surface area contributed by atoms with E-state index in [1.807, 2.05) is 28.6 Å². The second-order valence-electron chi connectivity index (χ2n) is 9.60. The second-order valence-corrected chi connectivity index (χ2v) is 9.60. The smallest absolute Gasteiger partial charge is 0.274 e. The molecule has 0 saturated carbocycles. The summed E-state index contributed by atoms with van der Waals surface area (Å²) in [5.41, 5.74) is 9.36. The fourth-order valence-corrected chi connectivity index (χ4v) is 5.20. The molecule has 0 spiro atoms. The molecule has 5 heterocycles. The number of anilines is 1. The van der Waals surface area contributed by atoms with Gasteiger partial charge in [-0.2, -0.15) is 10.2 Å². The maximum Gasteiger partial charge on any atom is 0.274 e. The van der Waals surface area contributed by atoms with Crippen molar-refractivity contribution < 1.29 is 9.59 Å². The fourth-order valence-electron chi connectivity index (χ4n) is 5.20. The molecule has 2 aliphatic heterocycles. The Balaban J connectivity index is 1.47. The number of carbonyl (C=O) groups excluding carboxylic acids is 2. The number of nitrogens with two attached hydrogens (primary N) is 1. The van der Waals surface area contributed by atoms with Crippen LogP contribution in [0, 0.1) is 6.92 Å². The van der Waals surface area contributed by atoms with Gasteiger partial charge in [-0.05, 0) is 26.2 Å². The molecule has 0 aromatic carbocycles. The molecule has 5 rings (SSSR count). The number of aromatic nitrogens is 5. The zero-order valence-corrected chi connectivity index (χ0v) is 20.6. The van der Waals surface area contributed by atoms with Crippen LogP contribution in [0.15, 0.2) is 18.3 Å². The number of hydrogen-bond donors (Lipinski definition) is 2. The standard InChI is InChI=1S/C24H33N9O2/c1-15-13-33-21(27-22(15)31-10-8-16(25)14-31)12-17(29-33)19-7-5-4-6-9-32(19)24(35)18-11-20(23(34)26-2)30(3)28-18/h11-13,16,19H,4-10,14,25H2,1-3H3,(H,26,34)/t16-,19-/m0/s1. The Morgan fingerprint density at radius 3 is 2.69 bits per heavy atom. The Bertz CT molecular complexity index is 1260. The number of nitrogens with zero attached hydrogens (tertiary/aromatic N) is 7. The second kappa shape index (κ2) is 9.29. The number of fused-ring (bicyclic) bond motifs is 1. The highest BCUT2D eigenvalue weighted by atomic mass is 16.2. The van der Waals surface area contributed by atoms with Crippen molar-refractivity contribution in [1.29, 1.82) is 0 Å². The van der Waals surface area contributed by atoms with Crippen LogP contribution in [-0.2, 0) is 7.05 Å². The number of aryl methyl sites for hydroxylation is 2. The molecule has 3 N–H and O–H groups in total. The van der Waals surface area contributed by atoms with Crippen molar-refractivity contribution >= 4 is 23.3 Å². The van der Waals surface area contributed by atoms with Crippen LogP contribution in [0.2, 0.25) is 0 Å². The Kier molecular flexibility index (Phi) is 6.18. The summed E-state index contributed by atoms with van der Waals surface area (Å²) in [6.45, 7) is 4.36. The minimum atomic E-state index is -0.275. The van der Waals surface area contributed by atoms with Crippen LogP contribution in [0.25, 0.3) is 5.65 Å². The van der Waals surface area contributed by atoms with Gasteiger partial charge in [-0.3, -0.25) is 14.3 Å². The summed E-state index contributed by atoms with van der Waals surface area (Å²) >= 11 is 0. The van der Waals surface area contributed by atoms with E-state index < -0.39 is 0 Å². The lowest BCUT2D eigenvalue weighted by molar-refractivity contribution is 0.0669. The molecule has 2 atom stereocenters. The van der Waals surface area contributed by atoms with Gasteiger partial charge >= 0.3 is 0 Å². The molecular formula is C24H33N9O2. The highest BCUT2D eigenvalue weighted by Gasteiger charge is 2.32. The first-order chi connectivity index (χ1) is 16.9. The molecule has 11 heteroatoms. The summed E-state index contributed by atoms with van der Waals surface area (Å²) in [5, 5.41) is 11.8. The average molecular weight is 480 g/mol. The maximum absolute atomic E-state index is 13.6. The van der Waals surface area contributed by atoms with Crippen molar-refractivity contribution in [2.45, 2.75) is 51.1 Å². The summed E-state index contributed by atoms with van der Waals surface area (Å²) in [6.07, 6.45) is 6.76. The summed E-state index contributed by atoms with van der Waals surface area (Å²) in [5.74, 6) is 0.486. The Morgan fingerprint density at radius 1 is 1.11 bits per heavy atom. The van der Waals surface area contributed by atoms with Crippen molar-refractivity contribution in [1.82, 2.24) is 34.6 Å². The number of nitrogens with one attached hydrogen (secondary N) is 1. The highest BCUT2D eigenvalue weighted by molar-refractivity contribution is 5.98. The topological polar surface area (TPSA) is 127 Å². The van der Waals surface area contributed by atoms with Gasteiger partial charge in [0.05, 0.1) is 11.7 Å². The lowest BCUT2D eigenvalue weighted by Crippen LogP contribution is -2.35. The first-order valence-electron chi connectivity index (χ1n) is 12.3. The molecule has 0 radical (unpaired) electrons. The van der Waals surface area contributed by atoms with E-state index in [1.54, 1.807) is 20.2 Å². The van der Waals surface area contributed by atoms with E-state index in [9.17, 15) is 9.59 Å². The first kappa shape index (κ1) is 23.3. The van der Waals surface area contributed by atoms with Crippen molar-refractivity contribution in [3.63, 3.8) is 0 Å². The molecule has 2 aliphatic rings. The van der Waals surface area contributed by atoms with Gasteiger partial charge < -0.3 is 20.9 Å². The highest BCUT2D eigenvalue weighted by Crippen LogP contribution is 2.32. The van der Waals surface area contributed by atoms with Crippen LogP contribution in [0.5, 0.6) is 0 Å².